The van der Waals surface area contributed by atoms with Gasteiger partial charge in [0.1, 0.15) is 5.82 Å². The molecular formula is C20H23ClFN3O. The van der Waals surface area contributed by atoms with E-state index in [0.717, 1.165) is 6.42 Å². The van der Waals surface area contributed by atoms with Crippen LogP contribution >= 0.6 is 11.6 Å². The van der Waals surface area contributed by atoms with Crippen LogP contribution in [0, 0.1) is 5.82 Å². The largest absolute Gasteiger partial charge is 0.338 e. The molecule has 0 radical (unpaired) electrons. The van der Waals surface area contributed by atoms with Crippen LogP contribution in [0.4, 0.5) is 9.18 Å². The van der Waals surface area contributed by atoms with E-state index in [4.69, 9.17) is 11.6 Å². The van der Waals surface area contributed by atoms with Gasteiger partial charge in [-0.3, -0.25) is 4.90 Å². The van der Waals surface area contributed by atoms with Crippen molar-refractivity contribution in [2.24, 2.45) is 0 Å². The van der Waals surface area contributed by atoms with Gasteiger partial charge in [0.05, 0.1) is 0 Å². The van der Waals surface area contributed by atoms with Gasteiger partial charge in [0, 0.05) is 49.9 Å². The summed E-state index contributed by atoms with van der Waals surface area (Å²) in [4.78, 5) is 16.2. The zero-order valence-corrected chi connectivity index (χ0v) is 15.4. The van der Waals surface area contributed by atoms with Gasteiger partial charge in [-0.15, -0.1) is 0 Å². The monoisotopic (exact) mass is 375 g/mol. The molecule has 0 spiro atoms. The molecule has 4 nitrogen and oxygen atoms in total. The lowest BCUT2D eigenvalue weighted by Crippen LogP contribution is -2.51. The highest BCUT2D eigenvalue weighted by molar-refractivity contribution is 6.31. The fourth-order valence-corrected chi connectivity index (χ4v) is 3.31. The Hall–Kier alpha value is -2.11. The van der Waals surface area contributed by atoms with E-state index in [2.05, 4.69) is 22.3 Å². The smallest absolute Gasteiger partial charge is 0.317 e. The third-order valence-corrected chi connectivity index (χ3v) is 4.99. The second-order valence-corrected chi connectivity index (χ2v) is 6.84. The zero-order chi connectivity index (χ0) is 18.4. The lowest BCUT2D eigenvalue weighted by Gasteiger charge is -2.34. The van der Waals surface area contributed by atoms with Crippen molar-refractivity contribution in [3.63, 3.8) is 0 Å². The second kappa shape index (κ2) is 9.01. The fraction of sp³-hybridized carbons (Fsp3) is 0.350. The van der Waals surface area contributed by atoms with E-state index in [-0.39, 0.29) is 11.8 Å². The Balaban J connectivity index is 1.42. The number of urea groups is 1. The molecule has 1 aliphatic heterocycles. The molecule has 1 N–H and O–H groups in total. The maximum atomic E-state index is 13.9. The summed E-state index contributed by atoms with van der Waals surface area (Å²) >= 11 is 6.09. The molecule has 0 atom stereocenters. The standard InChI is InChI=1S/C20H23ClFN3O/c21-18-7-4-8-19(22)17(18)15-24-11-13-25(14-12-24)20(26)23-10-9-16-5-2-1-3-6-16/h1-8H,9-15H2,(H,23,26). The van der Waals surface area contributed by atoms with Crippen LogP contribution in [0.5, 0.6) is 0 Å². The van der Waals surface area contributed by atoms with Gasteiger partial charge in [0.25, 0.3) is 0 Å². The number of benzene rings is 2. The van der Waals surface area contributed by atoms with Crippen LogP contribution < -0.4 is 5.32 Å². The molecule has 26 heavy (non-hydrogen) atoms. The first-order valence-electron chi connectivity index (χ1n) is 8.85. The molecule has 2 amide bonds. The fourth-order valence-electron chi connectivity index (χ4n) is 3.09. The summed E-state index contributed by atoms with van der Waals surface area (Å²) in [5.74, 6) is -0.279. The number of amides is 2. The molecular weight excluding hydrogens is 353 g/mol. The zero-order valence-electron chi connectivity index (χ0n) is 14.6. The van der Waals surface area contributed by atoms with Crippen molar-refractivity contribution in [1.82, 2.24) is 15.1 Å². The molecule has 1 aliphatic rings. The van der Waals surface area contributed by atoms with Gasteiger partial charge >= 0.3 is 6.03 Å². The number of halogens is 2. The molecule has 0 unspecified atom stereocenters. The maximum absolute atomic E-state index is 13.9. The highest BCUT2D eigenvalue weighted by Crippen LogP contribution is 2.21. The lowest BCUT2D eigenvalue weighted by atomic mass is 10.1. The summed E-state index contributed by atoms with van der Waals surface area (Å²) in [6.07, 6.45) is 0.818. The molecule has 3 rings (SSSR count). The van der Waals surface area contributed by atoms with Crippen molar-refractivity contribution in [2.75, 3.05) is 32.7 Å². The number of piperazine rings is 1. The van der Waals surface area contributed by atoms with Crippen LogP contribution in [0.15, 0.2) is 48.5 Å². The topological polar surface area (TPSA) is 35.6 Å². The molecule has 6 heteroatoms. The number of hydrogen-bond donors (Lipinski definition) is 1. The summed E-state index contributed by atoms with van der Waals surface area (Å²) in [6, 6.07) is 14.8. The quantitative estimate of drug-likeness (QED) is 0.867. The highest BCUT2D eigenvalue weighted by atomic mass is 35.5. The molecule has 0 bridgehead atoms. The molecule has 2 aromatic rings. The Bertz CT molecular complexity index is 713. The summed E-state index contributed by atoms with van der Waals surface area (Å²) in [5.41, 5.74) is 1.73. The number of nitrogens with one attached hydrogen (secondary N) is 1. The third kappa shape index (κ3) is 4.96. The summed E-state index contributed by atoms with van der Waals surface area (Å²) < 4.78 is 13.9. The molecule has 1 fully saturated rings. The SMILES string of the molecule is O=C(NCCc1ccccc1)N1CCN(Cc2c(F)cccc2Cl)CC1. The van der Waals surface area contributed by atoms with E-state index in [0.29, 0.717) is 49.9 Å². The molecule has 138 valence electrons. The Morgan fingerprint density at radius 3 is 2.46 bits per heavy atom. The number of rotatable bonds is 5. The normalized spacial score (nSPS) is 15.1. The molecule has 0 aromatic heterocycles. The third-order valence-electron chi connectivity index (χ3n) is 4.64. The first-order chi connectivity index (χ1) is 12.6. The maximum Gasteiger partial charge on any atom is 0.317 e. The Kier molecular flexibility index (Phi) is 6.47. The number of nitrogens with zero attached hydrogens (tertiary/aromatic N) is 2. The van der Waals surface area contributed by atoms with Gasteiger partial charge < -0.3 is 10.2 Å². The van der Waals surface area contributed by atoms with Gasteiger partial charge in [0.15, 0.2) is 0 Å². The first kappa shape index (κ1) is 18.7. The van der Waals surface area contributed by atoms with Gasteiger partial charge in [-0.2, -0.15) is 0 Å². The van der Waals surface area contributed by atoms with Crippen molar-refractivity contribution in [3.05, 3.63) is 70.5 Å². The van der Waals surface area contributed by atoms with E-state index in [9.17, 15) is 9.18 Å². The summed E-state index contributed by atoms with van der Waals surface area (Å²) in [5, 5.41) is 3.42. The highest BCUT2D eigenvalue weighted by Gasteiger charge is 2.22. The van der Waals surface area contributed by atoms with Crippen LogP contribution in [-0.4, -0.2) is 48.6 Å². The van der Waals surface area contributed by atoms with Crippen LogP contribution in [-0.2, 0) is 13.0 Å². The number of carbonyl (C=O) groups is 1. The Morgan fingerprint density at radius 1 is 1.04 bits per heavy atom. The Morgan fingerprint density at radius 2 is 1.77 bits per heavy atom. The molecule has 1 saturated heterocycles. The second-order valence-electron chi connectivity index (χ2n) is 6.43. The summed E-state index contributed by atoms with van der Waals surface area (Å²) in [6.45, 7) is 3.75. The van der Waals surface area contributed by atoms with Crippen molar-refractivity contribution in [2.45, 2.75) is 13.0 Å². The van der Waals surface area contributed by atoms with Crippen LogP contribution in [0.25, 0.3) is 0 Å². The lowest BCUT2D eigenvalue weighted by molar-refractivity contribution is 0.134. The van der Waals surface area contributed by atoms with Crippen molar-refractivity contribution >= 4 is 17.6 Å². The van der Waals surface area contributed by atoms with Crippen LogP contribution in [0.3, 0.4) is 0 Å². The van der Waals surface area contributed by atoms with E-state index in [1.54, 1.807) is 12.1 Å². The number of carbonyl (C=O) groups excluding carboxylic acids is 1. The Labute approximate surface area is 158 Å². The minimum atomic E-state index is -0.279. The van der Waals surface area contributed by atoms with Crippen LogP contribution in [0.1, 0.15) is 11.1 Å². The average molecular weight is 376 g/mol. The predicted octanol–water partition coefficient (Wildman–Crippen LogP) is 3.55. The average Bonchev–Trinajstić information content (AvgIpc) is 2.66. The predicted molar refractivity (Wildman–Crippen MR) is 102 cm³/mol. The van der Waals surface area contributed by atoms with Crippen molar-refractivity contribution < 1.29 is 9.18 Å². The van der Waals surface area contributed by atoms with E-state index >= 15 is 0 Å². The number of hydrogen-bond acceptors (Lipinski definition) is 2. The van der Waals surface area contributed by atoms with Crippen LogP contribution in [0.2, 0.25) is 5.02 Å². The van der Waals surface area contributed by atoms with Gasteiger partial charge in [0.2, 0.25) is 0 Å². The van der Waals surface area contributed by atoms with Crippen molar-refractivity contribution in [1.29, 1.82) is 0 Å². The van der Waals surface area contributed by atoms with Gasteiger partial charge in [-0.25, -0.2) is 9.18 Å². The molecule has 1 heterocycles. The minimum Gasteiger partial charge on any atom is -0.338 e. The summed E-state index contributed by atoms with van der Waals surface area (Å²) in [7, 11) is 0. The van der Waals surface area contributed by atoms with E-state index < -0.39 is 0 Å². The van der Waals surface area contributed by atoms with Gasteiger partial charge in [-0.1, -0.05) is 48.0 Å². The minimum absolute atomic E-state index is 0.0375. The molecule has 0 aliphatic carbocycles. The van der Waals surface area contributed by atoms with Crippen molar-refractivity contribution in [3.8, 4) is 0 Å². The first-order valence-corrected chi connectivity index (χ1v) is 9.23. The van der Waals surface area contributed by atoms with E-state index in [1.165, 1.54) is 11.6 Å². The van der Waals surface area contributed by atoms with E-state index in [1.807, 2.05) is 23.1 Å². The molecule has 2 aromatic carbocycles. The molecule has 0 saturated carbocycles. The van der Waals surface area contributed by atoms with Gasteiger partial charge in [-0.05, 0) is 24.1 Å².